The van der Waals surface area contributed by atoms with Crippen LogP contribution in [0.15, 0.2) is 61.1 Å². The van der Waals surface area contributed by atoms with Crippen LogP contribution in [-0.2, 0) is 23.4 Å². The van der Waals surface area contributed by atoms with Crippen LogP contribution in [0.4, 0.5) is 4.39 Å². The van der Waals surface area contributed by atoms with Crippen LogP contribution in [0, 0.1) is 17.1 Å². The molecule has 0 spiro atoms. The van der Waals surface area contributed by atoms with Crippen molar-refractivity contribution >= 4 is 5.91 Å². The molecule has 6 heteroatoms. The summed E-state index contributed by atoms with van der Waals surface area (Å²) in [5.74, 6) is -0.311. The minimum atomic E-state index is -0.910. The number of amides is 1. The third-order valence-corrected chi connectivity index (χ3v) is 5.51. The van der Waals surface area contributed by atoms with E-state index in [1.165, 1.54) is 12.1 Å². The number of imidazole rings is 1. The SMILES string of the molecule is CCCC1(c2ccc(C#N)cc2)C(=O)N(Cc2ccc(F)cc2)Cc2cncn21. The highest BCUT2D eigenvalue weighted by atomic mass is 19.1. The minimum Gasteiger partial charge on any atom is -0.330 e. The Bertz CT molecular complexity index is 1070. The van der Waals surface area contributed by atoms with E-state index in [1.54, 1.807) is 41.7 Å². The molecule has 146 valence electrons. The summed E-state index contributed by atoms with van der Waals surface area (Å²) in [6.45, 7) is 2.89. The summed E-state index contributed by atoms with van der Waals surface area (Å²) in [6.07, 6.45) is 4.92. The van der Waals surface area contributed by atoms with Gasteiger partial charge in [0.25, 0.3) is 5.91 Å². The van der Waals surface area contributed by atoms with Crippen LogP contribution in [0.25, 0.3) is 0 Å². The monoisotopic (exact) mass is 388 g/mol. The number of carbonyl (C=O) groups is 1. The Morgan fingerprint density at radius 3 is 2.55 bits per heavy atom. The van der Waals surface area contributed by atoms with Gasteiger partial charge >= 0.3 is 0 Å². The first-order valence-corrected chi connectivity index (χ1v) is 9.64. The molecule has 2 aromatic carbocycles. The average Bonchev–Trinajstić information content (AvgIpc) is 3.21. The number of hydrogen-bond acceptors (Lipinski definition) is 3. The van der Waals surface area contributed by atoms with Crippen molar-refractivity contribution in [2.75, 3.05) is 0 Å². The molecule has 0 bridgehead atoms. The molecule has 5 nitrogen and oxygen atoms in total. The van der Waals surface area contributed by atoms with E-state index in [2.05, 4.69) is 11.1 Å². The fraction of sp³-hybridized carbons (Fsp3) is 0.261. The summed E-state index contributed by atoms with van der Waals surface area (Å²) < 4.78 is 15.3. The zero-order valence-corrected chi connectivity index (χ0v) is 16.2. The minimum absolute atomic E-state index is 0.0149. The second-order valence-corrected chi connectivity index (χ2v) is 7.34. The van der Waals surface area contributed by atoms with E-state index < -0.39 is 5.54 Å². The van der Waals surface area contributed by atoms with E-state index in [4.69, 9.17) is 5.26 Å². The second kappa shape index (κ2) is 7.51. The quantitative estimate of drug-likeness (QED) is 0.664. The standard InChI is InChI=1S/C23H21FN4O/c1-2-11-23(19-7-3-17(12-25)4-8-19)22(29)27(15-21-13-26-16-28(21)23)14-18-5-9-20(24)10-6-18/h3-10,13,16H,2,11,14-15H2,1H3. The normalized spacial score (nSPS) is 18.4. The lowest BCUT2D eigenvalue weighted by Gasteiger charge is -2.43. The number of carbonyl (C=O) groups excluding carboxylic acids is 1. The first kappa shape index (κ1) is 18.9. The van der Waals surface area contributed by atoms with Gasteiger partial charge in [-0.1, -0.05) is 37.6 Å². The maximum absolute atomic E-state index is 13.9. The molecule has 0 saturated carbocycles. The van der Waals surface area contributed by atoms with Gasteiger partial charge in [-0.25, -0.2) is 9.37 Å². The van der Waals surface area contributed by atoms with Crippen molar-refractivity contribution in [1.82, 2.24) is 14.5 Å². The molecule has 0 radical (unpaired) electrons. The Morgan fingerprint density at radius 2 is 1.90 bits per heavy atom. The molecule has 1 atom stereocenters. The maximum Gasteiger partial charge on any atom is 0.254 e. The molecule has 1 unspecified atom stereocenters. The van der Waals surface area contributed by atoms with Crippen LogP contribution >= 0.6 is 0 Å². The molecule has 3 aromatic rings. The van der Waals surface area contributed by atoms with Crippen LogP contribution in [-0.4, -0.2) is 20.4 Å². The van der Waals surface area contributed by atoms with Crippen LogP contribution in [0.1, 0.15) is 42.1 Å². The Labute approximate surface area is 169 Å². The van der Waals surface area contributed by atoms with Crippen LogP contribution in [0.2, 0.25) is 0 Å². The van der Waals surface area contributed by atoms with E-state index in [1.807, 2.05) is 23.6 Å². The Balaban J connectivity index is 1.81. The number of nitriles is 1. The van der Waals surface area contributed by atoms with Gasteiger partial charge in [-0.15, -0.1) is 0 Å². The van der Waals surface area contributed by atoms with Crippen molar-refractivity contribution in [3.05, 3.63) is 89.3 Å². The zero-order valence-electron chi connectivity index (χ0n) is 16.2. The van der Waals surface area contributed by atoms with Crippen molar-refractivity contribution in [1.29, 1.82) is 5.26 Å². The van der Waals surface area contributed by atoms with Gasteiger partial charge in [0.05, 0.1) is 30.2 Å². The van der Waals surface area contributed by atoms with Crippen molar-refractivity contribution < 1.29 is 9.18 Å². The maximum atomic E-state index is 13.9. The molecular weight excluding hydrogens is 367 g/mol. The molecule has 2 heterocycles. The molecule has 1 amide bonds. The molecule has 1 aliphatic heterocycles. The highest BCUT2D eigenvalue weighted by molar-refractivity contribution is 5.89. The zero-order chi connectivity index (χ0) is 20.4. The van der Waals surface area contributed by atoms with E-state index in [-0.39, 0.29) is 11.7 Å². The van der Waals surface area contributed by atoms with Crippen molar-refractivity contribution in [2.45, 2.75) is 38.4 Å². The highest BCUT2D eigenvalue weighted by Crippen LogP contribution is 2.39. The van der Waals surface area contributed by atoms with Crippen molar-refractivity contribution in [2.24, 2.45) is 0 Å². The molecule has 0 aliphatic carbocycles. The summed E-state index contributed by atoms with van der Waals surface area (Å²) in [4.78, 5) is 20.0. The molecule has 29 heavy (non-hydrogen) atoms. The van der Waals surface area contributed by atoms with Crippen LogP contribution in [0.3, 0.4) is 0 Å². The molecule has 1 aromatic heterocycles. The first-order chi connectivity index (χ1) is 14.1. The average molecular weight is 388 g/mol. The molecule has 1 aliphatic rings. The summed E-state index contributed by atoms with van der Waals surface area (Å²) >= 11 is 0. The van der Waals surface area contributed by atoms with Gasteiger partial charge < -0.3 is 9.47 Å². The Kier molecular flexibility index (Phi) is 4.89. The first-order valence-electron chi connectivity index (χ1n) is 9.64. The van der Waals surface area contributed by atoms with Gasteiger partial charge in [-0.05, 0) is 41.8 Å². The number of fused-ring (bicyclic) bond motifs is 1. The van der Waals surface area contributed by atoms with Gasteiger partial charge in [0.1, 0.15) is 11.4 Å². The van der Waals surface area contributed by atoms with Gasteiger partial charge in [-0.2, -0.15) is 5.26 Å². The molecule has 4 rings (SSSR count). The number of aromatic nitrogens is 2. The largest absolute Gasteiger partial charge is 0.330 e. The lowest BCUT2D eigenvalue weighted by Crippen LogP contribution is -2.55. The van der Waals surface area contributed by atoms with Gasteiger partial charge in [0.2, 0.25) is 0 Å². The molecule has 0 fully saturated rings. The number of benzene rings is 2. The number of nitrogens with zero attached hydrogens (tertiary/aromatic N) is 4. The van der Waals surface area contributed by atoms with Crippen molar-refractivity contribution in [3.63, 3.8) is 0 Å². The van der Waals surface area contributed by atoms with E-state index in [9.17, 15) is 9.18 Å². The lowest BCUT2D eigenvalue weighted by molar-refractivity contribution is -0.143. The molecule has 0 saturated heterocycles. The molecule has 0 N–H and O–H groups in total. The van der Waals surface area contributed by atoms with Crippen LogP contribution < -0.4 is 0 Å². The van der Waals surface area contributed by atoms with Gasteiger partial charge in [-0.3, -0.25) is 4.79 Å². The summed E-state index contributed by atoms with van der Waals surface area (Å²) in [7, 11) is 0. The van der Waals surface area contributed by atoms with E-state index in [0.29, 0.717) is 25.1 Å². The second-order valence-electron chi connectivity index (χ2n) is 7.34. The fourth-order valence-corrected chi connectivity index (χ4v) is 4.17. The molecular formula is C23H21FN4O. The smallest absolute Gasteiger partial charge is 0.254 e. The van der Waals surface area contributed by atoms with E-state index in [0.717, 1.165) is 23.2 Å². The van der Waals surface area contributed by atoms with Gasteiger partial charge in [0.15, 0.2) is 0 Å². The Morgan fingerprint density at radius 1 is 1.17 bits per heavy atom. The topological polar surface area (TPSA) is 61.9 Å². The summed E-state index contributed by atoms with van der Waals surface area (Å²) in [5, 5.41) is 9.14. The van der Waals surface area contributed by atoms with Gasteiger partial charge in [0, 0.05) is 12.7 Å². The highest BCUT2D eigenvalue weighted by Gasteiger charge is 2.47. The lowest BCUT2D eigenvalue weighted by atomic mass is 9.81. The predicted molar refractivity (Wildman–Crippen MR) is 106 cm³/mol. The predicted octanol–water partition coefficient (Wildman–Crippen LogP) is 3.98. The number of hydrogen-bond donors (Lipinski definition) is 0. The van der Waals surface area contributed by atoms with E-state index >= 15 is 0 Å². The van der Waals surface area contributed by atoms with Crippen LogP contribution in [0.5, 0.6) is 0 Å². The number of rotatable bonds is 5. The van der Waals surface area contributed by atoms with Crippen molar-refractivity contribution in [3.8, 4) is 6.07 Å². The third-order valence-electron chi connectivity index (χ3n) is 5.51. The number of halogens is 1. The fourth-order valence-electron chi connectivity index (χ4n) is 4.17. The Hall–Kier alpha value is -3.46. The summed E-state index contributed by atoms with van der Waals surface area (Å²) in [5.41, 5.74) is 2.30. The third kappa shape index (κ3) is 3.19. The summed E-state index contributed by atoms with van der Waals surface area (Å²) in [6, 6.07) is 15.6.